The Bertz CT molecular complexity index is 817. The molecule has 4 rings (SSSR count). The zero-order chi connectivity index (χ0) is 15.1. The van der Waals surface area contributed by atoms with Gasteiger partial charge in [-0.15, -0.1) is 0 Å². The fourth-order valence-electron chi connectivity index (χ4n) is 3.27. The summed E-state index contributed by atoms with van der Waals surface area (Å²) in [4.78, 5) is 5.99. The normalized spacial score (nSPS) is 15.4. The van der Waals surface area contributed by atoms with Crippen LogP contribution in [0.4, 0.5) is 0 Å². The van der Waals surface area contributed by atoms with Crippen molar-refractivity contribution >= 4 is 22.5 Å². The third-order valence-electron chi connectivity index (χ3n) is 4.42. The molecule has 3 heterocycles. The fraction of sp³-hybridized carbons (Fsp3) is 0.353. The Balaban J connectivity index is 1.60. The van der Waals surface area contributed by atoms with Crippen molar-refractivity contribution in [2.45, 2.75) is 33.0 Å². The molecule has 0 saturated heterocycles. The maximum atomic E-state index is 6.16. The highest BCUT2D eigenvalue weighted by molar-refractivity contribution is 6.31. The lowest BCUT2D eigenvalue weighted by Gasteiger charge is -2.26. The van der Waals surface area contributed by atoms with Crippen molar-refractivity contribution in [3.8, 4) is 0 Å². The van der Waals surface area contributed by atoms with Gasteiger partial charge in [-0.05, 0) is 36.8 Å². The van der Waals surface area contributed by atoms with Gasteiger partial charge in [0.15, 0.2) is 0 Å². The second-order valence-electron chi connectivity index (χ2n) is 5.90. The van der Waals surface area contributed by atoms with Crippen LogP contribution in [-0.2, 0) is 26.1 Å². The van der Waals surface area contributed by atoms with Gasteiger partial charge < -0.3 is 4.98 Å². The second kappa shape index (κ2) is 5.45. The summed E-state index contributed by atoms with van der Waals surface area (Å²) in [5, 5.41) is 6.64. The van der Waals surface area contributed by atoms with E-state index in [1.807, 2.05) is 10.7 Å². The maximum Gasteiger partial charge on any atom is 0.0764 e. The lowest BCUT2D eigenvalue weighted by Crippen LogP contribution is -2.30. The van der Waals surface area contributed by atoms with Crippen molar-refractivity contribution in [3.05, 3.63) is 52.4 Å². The number of aromatic amines is 1. The van der Waals surface area contributed by atoms with Crippen LogP contribution in [0.25, 0.3) is 10.9 Å². The minimum Gasteiger partial charge on any atom is -0.358 e. The van der Waals surface area contributed by atoms with E-state index in [9.17, 15) is 0 Å². The van der Waals surface area contributed by atoms with Crippen molar-refractivity contribution in [2.75, 3.05) is 6.54 Å². The van der Waals surface area contributed by atoms with Crippen LogP contribution in [0.3, 0.4) is 0 Å². The number of hydrogen-bond donors (Lipinski definition) is 1. The first-order valence-electron chi connectivity index (χ1n) is 7.76. The Hall–Kier alpha value is -1.78. The number of hydrogen-bond acceptors (Lipinski definition) is 2. The molecule has 0 radical (unpaired) electrons. The largest absolute Gasteiger partial charge is 0.358 e. The number of aromatic nitrogens is 3. The van der Waals surface area contributed by atoms with Crippen LogP contribution in [0.1, 0.15) is 23.9 Å². The van der Waals surface area contributed by atoms with E-state index in [2.05, 4.69) is 46.3 Å². The number of aryl methyl sites for hydroxylation is 1. The van der Waals surface area contributed by atoms with Gasteiger partial charge in [0, 0.05) is 60.4 Å². The highest BCUT2D eigenvalue weighted by atomic mass is 35.5. The molecule has 3 aromatic rings. The predicted octanol–water partition coefficient (Wildman–Crippen LogP) is 3.60. The molecule has 0 saturated carbocycles. The van der Waals surface area contributed by atoms with Crippen LogP contribution >= 0.6 is 11.6 Å². The van der Waals surface area contributed by atoms with Crippen molar-refractivity contribution in [1.82, 2.24) is 19.7 Å². The lowest BCUT2D eigenvalue weighted by molar-refractivity contribution is 0.242. The molecule has 1 aliphatic heterocycles. The number of nitrogens with zero attached hydrogens (tertiary/aromatic N) is 3. The molecular formula is C17H19ClN4. The highest BCUT2D eigenvalue weighted by Crippen LogP contribution is 2.30. The van der Waals surface area contributed by atoms with Gasteiger partial charge in [0.2, 0.25) is 0 Å². The summed E-state index contributed by atoms with van der Waals surface area (Å²) in [6, 6.07) is 8.21. The molecule has 0 bridgehead atoms. The average Bonchev–Trinajstić information content (AvgIpc) is 3.11. The first-order chi connectivity index (χ1) is 10.7. The van der Waals surface area contributed by atoms with Crippen LogP contribution in [-0.4, -0.2) is 26.2 Å². The molecule has 1 N–H and O–H groups in total. The summed E-state index contributed by atoms with van der Waals surface area (Å²) >= 11 is 6.16. The summed E-state index contributed by atoms with van der Waals surface area (Å²) < 4.78 is 1.98. The van der Waals surface area contributed by atoms with Crippen LogP contribution < -0.4 is 0 Å². The van der Waals surface area contributed by atoms with E-state index in [1.54, 1.807) is 0 Å². The molecular weight excluding hydrogens is 296 g/mol. The minimum atomic E-state index is 0.799. The Morgan fingerprint density at radius 3 is 3.05 bits per heavy atom. The summed E-state index contributed by atoms with van der Waals surface area (Å²) in [7, 11) is 0. The average molecular weight is 315 g/mol. The Kier molecular flexibility index (Phi) is 3.43. The molecule has 2 aromatic heterocycles. The van der Waals surface area contributed by atoms with Crippen molar-refractivity contribution in [1.29, 1.82) is 0 Å². The molecule has 0 amide bonds. The van der Waals surface area contributed by atoms with Crippen LogP contribution in [0, 0.1) is 0 Å². The van der Waals surface area contributed by atoms with Crippen LogP contribution in [0.15, 0.2) is 30.5 Å². The van der Waals surface area contributed by atoms with Gasteiger partial charge in [-0.25, -0.2) is 0 Å². The van der Waals surface area contributed by atoms with E-state index in [-0.39, 0.29) is 0 Å². The molecule has 0 atom stereocenters. The molecule has 4 nitrogen and oxygen atoms in total. The smallest absolute Gasteiger partial charge is 0.0764 e. The van der Waals surface area contributed by atoms with Gasteiger partial charge in [0.25, 0.3) is 0 Å². The molecule has 0 aliphatic carbocycles. The molecule has 5 heteroatoms. The van der Waals surface area contributed by atoms with E-state index >= 15 is 0 Å². The Labute approximate surface area is 134 Å². The van der Waals surface area contributed by atoms with Crippen LogP contribution in [0.2, 0.25) is 5.02 Å². The van der Waals surface area contributed by atoms with E-state index in [1.165, 1.54) is 22.2 Å². The highest BCUT2D eigenvalue weighted by Gasteiger charge is 2.21. The van der Waals surface area contributed by atoms with Gasteiger partial charge in [-0.2, -0.15) is 5.10 Å². The van der Waals surface area contributed by atoms with Gasteiger partial charge in [0.05, 0.1) is 5.69 Å². The number of fused-ring (bicyclic) bond motifs is 3. The zero-order valence-corrected chi connectivity index (χ0v) is 13.4. The minimum absolute atomic E-state index is 0.799. The van der Waals surface area contributed by atoms with Gasteiger partial charge in [0.1, 0.15) is 0 Å². The molecule has 0 spiro atoms. The van der Waals surface area contributed by atoms with Crippen molar-refractivity contribution in [3.63, 3.8) is 0 Å². The summed E-state index contributed by atoms with van der Waals surface area (Å²) in [6.45, 7) is 5.95. The second-order valence-corrected chi connectivity index (χ2v) is 6.33. The van der Waals surface area contributed by atoms with E-state index in [4.69, 9.17) is 11.6 Å². The Morgan fingerprint density at radius 2 is 2.23 bits per heavy atom. The summed E-state index contributed by atoms with van der Waals surface area (Å²) in [6.07, 6.45) is 3.10. The molecule has 1 aromatic carbocycles. The van der Waals surface area contributed by atoms with Crippen molar-refractivity contribution in [2.24, 2.45) is 0 Å². The summed E-state index contributed by atoms with van der Waals surface area (Å²) in [5.41, 5.74) is 5.07. The van der Waals surface area contributed by atoms with Gasteiger partial charge >= 0.3 is 0 Å². The molecule has 114 valence electrons. The van der Waals surface area contributed by atoms with Gasteiger partial charge in [-0.1, -0.05) is 11.6 Å². The first-order valence-corrected chi connectivity index (χ1v) is 8.14. The quantitative estimate of drug-likeness (QED) is 0.802. The number of nitrogens with one attached hydrogen (secondary N) is 1. The number of benzene rings is 1. The van der Waals surface area contributed by atoms with Gasteiger partial charge in [-0.3, -0.25) is 9.58 Å². The first kappa shape index (κ1) is 13.9. The Morgan fingerprint density at radius 1 is 1.32 bits per heavy atom. The van der Waals surface area contributed by atoms with E-state index in [0.29, 0.717) is 0 Å². The zero-order valence-electron chi connectivity index (χ0n) is 12.6. The molecule has 0 fully saturated rings. The maximum absolute atomic E-state index is 6.16. The molecule has 22 heavy (non-hydrogen) atoms. The fourth-order valence-corrected chi connectivity index (χ4v) is 3.44. The standard InChI is InChI=1S/C17H19ClN4/c1-2-22-8-5-13(20-22)10-21-7-6-17-15(11-21)14-9-12(18)3-4-16(14)19-17/h3-5,8-9,19H,2,6-7,10-11H2,1H3. The topological polar surface area (TPSA) is 36.9 Å². The molecule has 1 aliphatic rings. The van der Waals surface area contributed by atoms with E-state index in [0.717, 1.165) is 43.3 Å². The van der Waals surface area contributed by atoms with E-state index < -0.39 is 0 Å². The third-order valence-corrected chi connectivity index (χ3v) is 4.66. The summed E-state index contributed by atoms with van der Waals surface area (Å²) in [5.74, 6) is 0. The number of rotatable bonds is 3. The third kappa shape index (κ3) is 2.42. The lowest BCUT2D eigenvalue weighted by atomic mass is 10.0. The molecule has 0 unspecified atom stereocenters. The number of H-pyrrole nitrogens is 1. The monoisotopic (exact) mass is 314 g/mol. The SMILES string of the molecule is CCn1ccc(CN2CCc3[nH]c4ccc(Cl)cc4c3C2)n1. The number of halogens is 1. The van der Waals surface area contributed by atoms with Crippen molar-refractivity contribution < 1.29 is 0 Å². The van der Waals surface area contributed by atoms with Crippen LogP contribution in [0.5, 0.6) is 0 Å². The predicted molar refractivity (Wildman–Crippen MR) is 89.0 cm³/mol.